The van der Waals surface area contributed by atoms with Crippen LogP contribution in [0.5, 0.6) is 0 Å². The van der Waals surface area contributed by atoms with E-state index in [9.17, 15) is 0 Å². The Hall–Kier alpha value is -2.32. The van der Waals surface area contributed by atoms with E-state index < -0.39 is 0 Å². The molecule has 0 radical (unpaired) electrons. The van der Waals surface area contributed by atoms with Gasteiger partial charge >= 0.3 is 0 Å². The number of rotatable bonds is 6. The fourth-order valence-electron chi connectivity index (χ4n) is 3.63. The Morgan fingerprint density at radius 2 is 1.80 bits per heavy atom. The minimum Gasteiger partial charge on any atom is -0.379 e. The molecule has 1 aliphatic heterocycles. The molecule has 154 valence electrons. The van der Waals surface area contributed by atoms with Crippen LogP contribution < -0.4 is 5.32 Å². The van der Waals surface area contributed by atoms with E-state index in [0.29, 0.717) is 0 Å². The van der Waals surface area contributed by atoms with Gasteiger partial charge in [0.1, 0.15) is 0 Å². The van der Waals surface area contributed by atoms with Crippen LogP contribution in [-0.4, -0.2) is 41.2 Å². The van der Waals surface area contributed by atoms with Gasteiger partial charge in [-0.05, 0) is 24.1 Å². The van der Waals surface area contributed by atoms with Gasteiger partial charge in [0.25, 0.3) is 0 Å². The number of aromatic nitrogens is 2. The van der Waals surface area contributed by atoms with Crippen LogP contribution in [0, 0.1) is 0 Å². The Balaban J connectivity index is 1.44. The van der Waals surface area contributed by atoms with E-state index in [1.807, 2.05) is 6.07 Å². The minimum absolute atomic E-state index is 0.802. The maximum Gasteiger partial charge on any atom is 0.190 e. The molecule has 5 nitrogen and oxygen atoms in total. The monoisotopic (exact) mass is 436 g/mol. The standard InChI is InChI=1S/C23H24N4OS2/c1-2-16-8-9-18-19(14-16)29-22(24-18)26-23-25-21(17-6-4-3-5-7-17)20(30-23)15-27-10-12-28-13-11-27/h3-9,14H,2,10-13,15H2,1H3,(H,24,25,26). The molecule has 5 rings (SSSR count). The lowest BCUT2D eigenvalue weighted by atomic mass is 10.1. The quantitative estimate of drug-likeness (QED) is 0.429. The lowest BCUT2D eigenvalue weighted by Crippen LogP contribution is -2.35. The second-order valence-corrected chi connectivity index (χ2v) is 9.46. The van der Waals surface area contributed by atoms with Gasteiger partial charge in [0.15, 0.2) is 10.3 Å². The van der Waals surface area contributed by atoms with Crippen molar-refractivity contribution in [3.63, 3.8) is 0 Å². The molecule has 0 atom stereocenters. The van der Waals surface area contributed by atoms with Crippen LogP contribution in [-0.2, 0) is 17.7 Å². The molecule has 1 aliphatic rings. The van der Waals surface area contributed by atoms with E-state index in [4.69, 9.17) is 14.7 Å². The van der Waals surface area contributed by atoms with Crippen LogP contribution in [0.1, 0.15) is 17.4 Å². The lowest BCUT2D eigenvalue weighted by Gasteiger charge is -2.26. The number of ether oxygens (including phenoxy) is 1. The number of hydrogen-bond donors (Lipinski definition) is 1. The maximum atomic E-state index is 5.51. The SMILES string of the molecule is CCc1ccc2nc(Nc3nc(-c4ccccc4)c(CN4CCOCC4)s3)sc2c1. The number of anilines is 2. The van der Waals surface area contributed by atoms with Crippen molar-refractivity contribution >= 4 is 43.2 Å². The summed E-state index contributed by atoms with van der Waals surface area (Å²) in [5.41, 5.74) is 4.59. The zero-order chi connectivity index (χ0) is 20.3. The van der Waals surface area contributed by atoms with Gasteiger partial charge in [-0.3, -0.25) is 4.90 Å². The number of hydrogen-bond acceptors (Lipinski definition) is 7. The molecule has 0 aliphatic carbocycles. The Morgan fingerprint density at radius 1 is 1.00 bits per heavy atom. The summed E-state index contributed by atoms with van der Waals surface area (Å²) in [6, 6.07) is 16.9. The van der Waals surface area contributed by atoms with Crippen LogP contribution in [0.4, 0.5) is 10.3 Å². The molecule has 0 spiro atoms. The van der Waals surface area contributed by atoms with E-state index in [2.05, 4.69) is 59.6 Å². The zero-order valence-electron chi connectivity index (χ0n) is 16.9. The van der Waals surface area contributed by atoms with Crippen LogP contribution in [0.3, 0.4) is 0 Å². The fourth-order valence-corrected chi connectivity index (χ4v) is 5.65. The Morgan fingerprint density at radius 3 is 2.60 bits per heavy atom. The topological polar surface area (TPSA) is 50.3 Å². The number of aryl methyl sites for hydroxylation is 1. The smallest absolute Gasteiger partial charge is 0.190 e. The van der Waals surface area contributed by atoms with Crippen LogP contribution in [0.2, 0.25) is 0 Å². The third-order valence-corrected chi connectivity index (χ3v) is 7.18. The Bertz CT molecular complexity index is 1130. The van der Waals surface area contributed by atoms with Gasteiger partial charge in [-0.15, -0.1) is 0 Å². The zero-order valence-corrected chi connectivity index (χ0v) is 18.6. The summed E-state index contributed by atoms with van der Waals surface area (Å²) in [4.78, 5) is 13.4. The number of nitrogens with zero attached hydrogens (tertiary/aromatic N) is 3. The molecule has 30 heavy (non-hydrogen) atoms. The van der Waals surface area contributed by atoms with E-state index in [1.54, 1.807) is 22.7 Å². The summed E-state index contributed by atoms with van der Waals surface area (Å²) >= 11 is 3.41. The van der Waals surface area contributed by atoms with Crippen molar-refractivity contribution in [2.75, 3.05) is 31.6 Å². The van der Waals surface area contributed by atoms with Gasteiger partial charge in [0.2, 0.25) is 0 Å². The van der Waals surface area contributed by atoms with Gasteiger partial charge in [-0.1, -0.05) is 66.0 Å². The van der Waals surface area contributed by atoms with Gasteiger partial charge in [-0.2, -0.15) is 0 Å². The highest BCUT2D eigenvalue weighted by molar-refractivity contribution is 7.22. The molecule has 1 saturated heterocycles. The summed E-state index contributed by atoms with van der Waals surface area (Å²) in [5, 5.41) is 5.26. The first kappa shape index (κ1) is 19.6. The summed E-state index contributed by atoms with van der Waals surface area (Å²) in [6.07, 6.45) is 1.04. The molecule has 1 N–H and O–H groups in total. The number of thiazole rings is 2. The van der Waals surface area contributed by atoms with Gasteiger partial charge < -0.3 is 10.1 Å². The Kier molecular flexibility index (Phi) is 5.77. The van der Waals surface area contributed by atoms with Crippen molar-refractivity contribution in [3.05, 3.63) is 59.0 Å². The summed E-state index contributed by atoms with van der Waals surface area (Å²) in [5.74, 6) is 0. The third kappa shape index (κ3) is 4.25. The first-order valence-corrected chi connectivity index (χ1v) is 11.9. The van der Waals surface area contributed by atoms with Crippen molar-refractivity contribution in [2.45, 2.75) is 19.9 Å². The second kappa shape index (κ2) is 8.81. The van der Waals surface area contributed by atoms with Gasteiger partial charge in [0.05, 0.1) is 29.1 Å². The summed E-state index contributed by atoms with van der Waals surface area (Å²) < 4.78 is 6.72. The van der Waals surface area contributed by atoms with Crippen molar-refractivity contribution in [2.24, 2.45) is 0 Å². The second-order valence-electron chi connectivity index (χ2n) is 7.34. The number of fused-ring (bicyclic) bond motifs is 1. The molecule has 2 aromatic carbocycles. The maximum absolute atomic E-state index is 5.51. The average Bonchev–Trinajstić information content (AvgIpc) is 3.37. The normalized spacial score (nSPS) is 15.0. The summed E-state index contributed by atoms with van der Waals surface area (Å²) in [6.45, 7) is 6.61. The Labute approximate surface area is 184 Å². The van der Waals surface area contributed by atoms with Gasteiger partial charge in [-0.25, -0.2) is 9.97 Å². The molecule has 0 saturated carbocycles. The van der Waals surface area contributed by atoms with Crippen LogP contribution in [0.25, 0.3) is 21.5 Å². The molecule has 2 aromatic heterocycles. The van der Waals surface area contributed by atoms with Crippen LogP contribution in [0.15, 0.2) is 48.5 Å². The number of morpholine rings is 1. The molecule has 0 amide bonds. The predicted molar refractivity (Wildman–Crippen MR) is 126 cm³/mol. The van der Waals surface area contributed by atoms with Crippen molar-refractivity contribution < 1.29 is 4.74 Å². The van der Waals surface area contributed by atoms with Crippen molar-refractivity contribution in [3.8, 4) is 11.3 Å². The van der Waals surface area contributed by atoms with Crippen molar-refractivity contribution in [1.82, 2.24) is 14.9 Å². The van der Waals surface area contributed by atoms with E-state index in [1.165, 1.54) is 15.1 Å². The molecule has 3 heterocycles. The third-order valence-electron chi connectivity index (χ3n) is 5.29. The molecule has 1 fully saturated rings. The fraction of sp³-hybridized carbons (Fsp3) is 0.304. The molecular formula is C23H24N4OS2. The van der Waals surface area contributed by atoms with E-state index in [0.717, 1.165) is 66.3 Å². The van der Waals surface area contributed by atoms with E-state index in [-0.39, 0.29) is 0 Å². The minimum atomic E-state index is 0.802. The molecule has 0 bridgehead atoms. The molecular weight excluding hydrogens is 412 g/mol. The average molecular weight is 437 g/mol. The largest absolute Gasteiger partial charge is 0.379 e. The number of nitrogens with one attached hydrogen (secondary N) is 1. The van der Waals surface area contributed by atoms with Crippen LogP contribution >= 0.6 is 22.7 Å². The predicted octanol–water partition coefficient (Wildman–Crippen LogP) is 5.56. The highest BCUT2D eigenvalue weighted by Crippen LogP contribution is 2.35. The first-order chi connectivity index (χ1) is 14.8. The first-order valence-electron chi connectivity index (χ1n) is 10.3. The van der Waals surface area contributed by atoms with Gasteiger partial charge in [0, 0.05) is 30.1 Å². The highest BCUT2D eigenvalue weighted by atomic mass is 32.1. The number of benzene rings is 2. The molecule has 4 aromatic rings. The lowest BCUT2D eigenvalue weighted by molar-refractivity contribution is 0.0347. The molecule has 0 unspecified atom stereocenters. The highest BCUT2D eigenvalue weighted by Gasteiger charge is 2.19. The molecule has 7 heteroatoms. The summed E-state index contributed by atoms with van der Waals surface area (Å²) in [7, 11) is 0. The van der Waals surface area contributed by atoms with Crippen molar-refractivity contribution in [1.29, 1.82) is 0 Å². The van der Waals surface area contributed by atoms with E-state index >= 15 is 0 Å².